The van der Waals surface area contributed by atoms with E-state index in [1.807, 2.05) is 30.3 Å². The average molecular weight is 319 g/mol. The normalized spacial score (nSPS) is 10.6. The summed E-state index contributed by atoms with van der Waals surface area (Å²) in [5.41, 5.74) is 0.606. The van der Waals surface area contributed by atoms with Gasteiger partial charge in [0.25, 0.3) is 0 Å². The smallest absolute Gasteiger partial charge is 0.328 e. The molecule has 0 atom stereocenters. The van der Waals surface area contributed by atoms with Gasteiger partial charge in [0.1, 0.15) is 24.7 Å². The van der Waals surface area contributed by atoms with E-state index in [-0.39, 0.29) is 0 Å². The van der Waals surface area contributed by atoms with Gasteiger partial charge in [-0.15, -0.1) is 0 Å². The number of para-hydroxylation sites is 1. The van der Waals surface area contributed by atoms with E-state index in [0.29, 0.717) is 29.5 Å². The van der Waals surface area contributed by atoms with E-state index in [1.54, 1.807) is 18.2 Å². The zero-order chi connectivity index (χ0) is 15.8. The standard InChI is InChI=1S/C17H15ClO4/c18-14-7-8-16(13(12-14)6-9-17(19)20)22-11-10-21-15-4-2-1-3-5-15/h1-9,12H,10-11H2,(H,19,20). The van der Waals surface area contributed by atoms with Gasteiger partial charge in [-0.05, 0) is 36.4 Å². The Morgan fingerprint density at radius 1 is 1.09 bits per heavy atom. The summed E-state index contributed by atoms with van der Waals surface area (Å²) in [5, 5.41) is 9.21. The summed E-state index contributed by atoms with van der Waals surface area (Å²) in [6, 6.07) is 14.5. The summed E-state index contributed by atoms with van der Waals surface area (Å²) in [5.74, 6) is 0.296. The van der Waals surface area contributed by atoms with Crippen LogP contribution >= 0.6 is 11.6 Å². The van der Waals surface area contributed by atoms with Gasteiger partial charge < -0.3 is 14.6 Å². The maximum Gasteiger partial charge on any atom is 0.328 e. The number of carboxylic acids is 1. The Morgan fingerprint density at radius 3 is 2.55 bits per heavy atom. The second-order valence-corrected chi connectivity index (χ2v) is 4.80. The lowest BCUT2D eigenvalue weighted by Crippen LogP contribution is -2.09. The van der Waals surface area contributed by atoms with Crippen LogP contribution in [-0.4, -0.2) is 24.3 Å². The largest absolute Gasteiger partial charge is 0.490 e. The van der Waals surface area contributed by atoms with Crippen molar-refractivity contribution in [2.45, 2.75) is 0 Å². The molecule has 0 spiro atoms. The molecule has 0 bridgehead atoms. The van der Waals surface area contributed by atoms with Gasteiger partial charge in [0, 0.05) is 16.7 Å². The Balaban J connectivity index is 1.93. The summed E-state index contributed by atoms with van der Waals surface area (Å²) in [4.78, 5) is 10.6. The Hall–Kier alpha value is -2.46. The van der Waals surface area contributed by atoms with Crippen molar-refractivity contribution in [3.05, 3.63) is 65.2 Å². The number of rotatable bonds is 7. The summed E-state index contributed by atoms with van der Waals surface area (Å²) in [7, 11) is 0. The fourth-order valence-electron chi connectivity index (χ4n) is 1.77. The molecule has 0 heterocycles. The van der Waals surface area contributed by atoms with Crippen LogP contribution in [0.15, 0.2) is 54.6 Å². The second-order valence-electron chi connectivity index (χ2n) is 4.36. The molecule has 0 radical (unpaired) electrons. The van der Waals surface area contributed by atoms with Crippen LogP contribution in [0.5, 0.6) is 11.5 Å². The maximum atomic E-state index is 10.6. The van der Waals surface area contributed by atoms with Gasteiger partial charge in [-0.1, -0.05) is 29.8 Å². The third kappa shape index (κ3) is 5.14. The third-order valence-corrected chi connectivity index (χ3v) is 2.97. The van der Waals surface area contributed by atoms with Crippen LogP contribution in [0.1, 0.15) is 5.56 Å². The van der Waals surface area contributed by atoms with Crippen LogP contribution in [0.2, 0.25) is 5.02 Å². The fourth-order valence-corrected chi connectivity index (χ4v) is 1.95. The van der Waals surface area contributed by atoms with E-state index >= 15 is 0 Å². The third-order valence-electron chi connectivity index (χ3n) is 2.73. The summed E-state index contributed by atoms with van der Waals surface area (Å²) < 4.78 is 11.1. The molecule has 22 heavy (non-hydrogen) atoms. The first kappa shape index (κ1) is 15.9. The lowest BCUT2D eigenvalue weighted by molar-refractivity contribution is -0.131. The number of hydrogen-bond acceptors (Lipinski definition) is 3. The van der Waals surface area contributed by atoms with Crippen molar-refractivity contribution >= 4 is 23.6 Å². The number of carboxylic acid groups (broad SMARTS) is 1. The molecule has 0 saturated heterocycles. The second kappa shape index (κ2) is 8.10. The van der Waals surface area contributed by atoms with Crippen LogP contribution in [0, 0.1) is 0 Å². The monoisotopic (exact) mass is 318 g/mol. The maximum absolute atomic E-state index is 10.6. The lowest BCUT2D eigenvalue weighted by Gasteiger charge is -2.10. The van der Waals surface area contributed by atoms with E-state index in [1.165, 1.54) is 6.08 Å². The molecule has 0 aromatic heterocycles. The highest BCUT2D eigenvalue weighted by Gasteiger charge is 2.03. The highest BCUT2D eigenvalue weighted by atomic mass is 35.5. The minimum Gasteiger partial charge on any atom is -0.490 e. The van der Waals surface area contributed by atoms with Gasteiger partial charge in [0.2, 0.25) is 0 Å². The number of hydrogen-bond donors (Lipinski definition) is 1. The first-order valence-corrected chi connectivity index (χ1v) is 7.04. The van der Waals surface area contributed by atoms with E-state index in [9.17, 15) is 4.79 Å². The molecule has 0 saturated carbocycles. The zero-order valence-corrected chi connectivity index (χ0v) is 12.5. The fraction of sp³-hybridized carbons (Fsp3) is 0.118. The molecule has 5 heteroatoms. The number of carbonyl (C=O) groups is 1. The highest BCUT2D eigenvalue weighted by Crippen LogP contribution is 2.24. The van der Waals surface area contributed by atoms with E-state index in [4.69, 9.17) is 26.2 Å². The molecule has 0 fully saturated rings. The quantitative estimate of drug-likeness (QED) is 0.621. The summed E-state index contributed by atoms with van der Waals surface area (Å²) >= 11 is 5.91. The average Bonchev–Trinajstić information content (AvgIpc) is 2.52. The van der Waals surface area contributed by atoms with E-state index in [0.717, 1.165) is 11.8 Å². The van der Waals surface area contributed by atoms with Crippen LogP contribution in [0.3, 0.4) is 0 Å². The van der Waals surface area contributed by atoms with Crippen molar-refractivity contribution in [3.8, 4) is 11.5 Å². The van der Waals surface area contributed by atoms with Gasteiger partial charge in [-0.2, -0.15) is 0 Å². The number of benzene rings is 2. The van der Waals surface area contributed by atoms with Crippen molar-refractivity contribution in [2.24, 2.45) is 0 Å². The van der Waals surface area contributed by atoms with Crippen molar-refractivity contribution in [1.82, 2.24) is 0 Å². The van der Waals surface area contributed by atoms with Crippen LogP contribution in [0.4, 0.5) is 0 Å². The molecule has 0 amide bonds. The Bertz CT molecular complexity index is 653. The molecule has 2 rings (SSSR count). The minimum atomic E-state index is -1.03. The molecular weight excluding hydrogens is 304 g/mol. The predicted molar refractivity (Wildman–Crippen MR) is 85.6 cm³/mol. The molecule has 114 valence electrons. The number of aliphatic carboxylic acids is 1. The Morgan fingerprint density at radius 2 is 1.82 bits per heavy atom. The molecule has 2 aromatic carbocycles. The lowest BCUT2D eigenvalue weighted by atomic mass is 10.2. The van der Waals surface area contributed by atoms with Crippen molar-refractivity contribution in [3.63, 3.8) is 0 Å². The first-order chi connectivity index (χ1) is 10.6. The topological polar surface area (TPSA) is 55.8 Å². The molecule has 4 nitrogen and oxygen atoms in total. The van der Waals surface area contributed by atoms with Crippen LogP contribution < -0.4 is 9.47 Å². The summed E-state index contributed by atoms with van der Waals surface area (Å²) in [6.07, 6.45) is 2.49. The number of ether oxygens (including phenoxy) is 2. The van der Waals surface area contributed by atoms with Gasteiger partial charge in [-0.3, -0.25) is 0 Å². The van der Waals surface area contributed by atoms with Gasteiger partial charge in [-0.25, -0.2) is 4.79 Å². The first-order valence-electron chi connectivity index (χ1n) is 6.66. The van der Waals surface area contributed by atoms with Gasteiger partial charge in [0.05, 0.1) is 0 Å². The number of halogens is 1. The van der Waals surface area contributed by atoms with Crippen LogP contribution in [-0.2, 0) is 4.79 Å². The van der Waals surface area contributed by atoms with Crippen molar-refractivity contribution < 1.29 is 19.4 Å². The molecule has 1 N–H and O–H groups in total. The molecule has 2 aromatic rings. The van der Waals surface area contributed by atoms with Crippen molar-refractivity contribution in [1.29, 1.82) is 0 Å². The van der Waals surface area contributed by atoms with Gasteiger partial charge >= 0.3 is 5.97 Å². The van der Waals surface area contributed by atoms with E-state index in [2.05, 4.69) is 0 Å². The van der Waals surface area contributed by atoms with Crippen molar-refractivity contribution in [2.75, 3.05) is 13.2 Å². The highest BCUT2D eigenvalue weighted by molar-refractivity contribution is 6.30. The molecule has 0 aliphatic carbocycles. The Labute approximate surface area is 133 Å². The van der Waals surface area contributed by atoms with Crippen LogP contribution in [0.25, 0.3) is 6.08 Å². The SMILES string of the molecule is O=C(O)C=Cc1cc(Cl)ccc1OCCOc1ccccc1. The molecule has 0 aliphatic heterocycles. The molecule has 0 unspecified atom stereocenters. The van der Waals surface area contributed by atoms with E-state index < -0.39 is 5.97 Å². The predicted octanol–water partition coefficient (Wildman–Crippen LogP) is 3.90. The zero-order valence-electron chi connectivity index (χ0n) is 11.7. The minimum absolute atomic E-state index is 0.338. The summed E-state index contributed by atoms with van der Waals surface area (Å²) in [6.45, 7) is 0.721. The molecule has 0 aliphatic rings. The molecular formula is C17H15ClO4. The Kier molecular flexibility index (Phi) is 5.86. The van der Waals surface area contributed by atoms with Gasteiger partial charge in [0.15, 0.2) is 0 Å².